The van der Waals surface area contributed by atoms with Crippen LogP contribution in [-0.4, -0.2) is 54.2 Å². The van der Waals surface area contributed by atoms with Gasteiger partial charge in [0.15, 0.2) is 0 Å². The molecule has 9 nitrogen and oxygen atoms in total. The molecule has 1 aliphatic carbocycles. The zero-order chi connectivity index (χ0) is 28.7. The Morgan fingerprint density at radius 2 is 2.02 bits per heavy atom. The van der Waals surface area contributed by atoms with Crippen molar-refractivity contribution in [3.05, 3.63) is 65.0 Å². The highest BCUT2D eigenvalue weighted by atomic mass is 19.1. The van der Waals surface area contributed by atoms with Crippen LogP contribution in [0, 0.1) is 18.2 Å². The molecule has 1 aliphatic heterocycles. The van der Waals surface area contributed by atoms with Gasteiger partial charge < -0.3 is 31.5 Å². The molecule has 0 saturated heterocycles. The minimum atomic E-state index is -1.21. The SMILES string of the molecule is C#Cc1cccc(C2(NC[C@@H](O)[C@@H]3Cc4cc(F)cc(c4)OCCCCC(=O)N[C@@H](CC(N)=O)C(=O)N3)CC2)c1. The third-order valence-corrected chi connectivity index (χ3v) is 7.28. The normalized spacial score (nSPS) is 21.8. The van der Waals surface area contributed by atoms with Gasteiger partial charge in [-0.1, -0.05) is 18.1 Å². The number of benzene rings is 2. The summed E-state index contributed by atoms with van der Waals surface area (Å²) in [4.78, 5) is 37.4. The van der Waals surface area contributed by atoms with Crippen LogP contribution in [0.15, 0.2) is 42.5 Å². The largest absolute Gasteiger partial charge is 0.493 e. The van der Waals surface area contributed by atoms with Crippen molar-refractivity contribution in [1.82, 2.24) is 16.0 Å². The monoisotopic (exact) mass is 550 g/mol. The van der Waals surface area contributed by atoms with E-state index in [2.05, 4.69) is 21.9 Å². The first-order valence-corrected chi connectivity index (χ1v) is 13.5. The van der Waals surface area contributed by atoms with Crippen molar-refractivity contribution in [3.8, 4) is 18.1 Å². The summed E-state index contributed by atoms with van der Waals surface area (Å²) >= 11 is 0. The van der Waals surface area contributed by atoms with Gasteiger partial charge in [-0.25, -0.2) is 4.39 Å². The number of ether oxygens (including phenoxy) is 1. The molecular weight excluding hydrogens is 515 g/mol. The number of hydrogen-bond acceptors (Lipinski definition) is 6. The summed E-state index contributed by atoms with van der Waals surface area (Å²) in [7, 11) is 0. The Balaban J connectivity index is 1.57. The minimum absolute atomic E-state index is 0.0690. The van der Waals surface area contributed by atoms with E-state index in [0.717, 1.165) is 24.0 Å². The van der Waals surface area contributed by atoms with Gasteiger partial charge in [-0.05, 0) is 67.5 Å². The summed E-state index contributed by atoms with van der Waals surface area (Å²) in [5, 5.41) is 20.0. The molecule has 0 spiro atoms. The fraction of sp³-hybridized carbons (Fsp3) is 0.433. The molecule has 1 fully saturated rings. The van der Waals surface area contributed by atoms with Crippen LogP contribution >= 0.6 is 0 Å². The van der Waals surface area contributed by atoms with Crippen LogP contribution < -0.4 is 26.4 Å². The van der Waals surface area contributed by atoms with E-state index in [1.165, 1.54) is 12.1 Å². The third kappa shape index (κ3) is 7.81. The molecule has 10 heteroatoms. The van der Waals surface area contributed by atoms with E-state index in [1.807, 2.05) is 24.3 Å². The molecule has 1 heterocycles. The van der Waals surface area contributed by atoms with E-state index in [0.29, 0.717) is 24.2 Å². The third-order valence-electron chi connectivity index (χ3n) is 7.28. The Labute approximate surface area is 233 Å². The van der Waals surface area contributed by atoms with Gasteiger partial charge in [-0.15, -0.1) is 6.42 Å². The van der Waals surface area contributed by atoms with Crippen molar-refractivity contribution >= 4 is 17.7 Å². The lowest BCUT2D eigenvalue weighted by atomic mass is 9.98. The number of rotatable bonds is 7. The first kappa shape index (κ1) is 29.1. The van der Waals surface area contributed by atoms with Crippen LogP contribution in [0.25, 0.3) is 0 Å². The summed E-state index contributed by atoms with van der Waals surface area (Å²) < 4.78 is 20.1. The number of amides is 3. The number of carbonyl (C=O) groups is 3. The van der Waals surface area contributed by atoms with Crippen molar-refractivity contribution in [2.75, 3.05) is 13.2 Å². The van der Waals surface area contributed by atoms with Crippen LogP contribution in [0.5, 0.6) is 5.75 Å². The maximum absolute atomic E-state index is 14.4. The van der Waals surface area contributed by atoms with Gasteiger partial charge in [-0.3, -0.25) is 14.4 Å². The quantitative estimate of drug-likeness (QED) is 0.330. The van der Waals surface area contributed by atoms with E-state index in [4.69, 9.17) is 16.9 Å². The van der Waals surface area contributed by atoms with Crippen molar-refractivity contribution in [2.24, 2.45) is 5.73 Å². The number of nitrogens with two attached hydrogens (primary N) is 1. The fourth-order valence-corrected chi connectivity index (χ4v) is 4.94. The van der Waals surface area contributed by atoms with Gasteiger partial charge in [-0.2, -0.15) is 0 Å². The Bertz CT molecular complexity index is 1290. The maximum atomic E-state index is 14.4. The number of nitrogens with one attached hydrogen (secondary N) is 3. The van der Waals surface area contributed by atoms with Gasteiger partial charge in [0.05, 0.1) is 25.2 Å². The molecule has 0 radical (unpaired) electrons. The number of carbonyl (C=O) groups excluding carboxylic acids is 3. The molecule has 1 saturated carbocycles. The predicted octanol–water partition coefficient (Wildman–Crippen LogP) is 1.40. The lowest BCUT2D eigenvalue weighted by Crippen LogP contribution is -2.56. The zero-order valence-electron chi connectivity index (χ0n) is 22.3. The maximum Gasteiger partial charge on any atom is 0.243 e. The molecule has 212 valence electrons. The van der Waals surface area contributed by atoms with Gasteiger partial charge in [0.1, 0.15) is 17.6 Å². The second-order valence-electron chi connectivity index (χ2n) is 10.5. The number of terminal acetylenes is 1. The molecular formula is C30H35FN4O5. The average Bonchev–Trinajstić information content (AvgIpc) is 3.71. The molecule has 0 aromatic heterocycles. The number of halogens is 1. The highest BCUT2D eigenvalue weighted by molar-refractivity contribution is 5.91. The van der Waals surface area contributed by atoms with Gasteiger partial charge in [0.2, 0.25) is 17.7 Å². The summed E-state index contributed by atoms with van der Waals surface area (Å²) in [5.41, 5.74) is 7.27. The summed E-state index contributed by atoms with van der Waals surface area (Å²) in [6, 6.07) is 9.80. The highest BCUT2D eigenvalue weighted by Gasteiger charge is 2.44. The van der Waals surface area contributed by atoms with E-state index >= 15 is 0 Å². The van der Waals surface area contributed by atoms with Gasteiger partial charge in [0.25, 0.3) is 0 Å². The van der Waals surface area contributed by atoms with E-state index in [-0.39, 0.29) is 31.5 Å². The molecule has 2 bridgehead atoms. The summed E-state index contributed by atoms with van der Waals surface area (Å²) in [5.74, 6) is 0.612. The smallest absolute Gasteiger partial charge is 0.243 e. The van der Waals surface area contributed by atoms with Crippen LogP contribution in [-0.2, 0) is 26.3 Å². The van der Waals surface area contributed by atoms with Crippen LogP contribution in [0.1, 0.15) is 55.2 Å². The molecule has 3 atom stereocenters. The van der Waals surface area contributed by atoms with Gasteiger partial charge >= 0.3 is 0 Å². The molecule has 4 rings (SSSR count). The lowest BCUT2D eigenvalue weighted by molar-refractivity contribution is -0.132. The van der Waals surface area contributed by atoms with E-state index in [9.17, 15) is 23.9 Å². The minimum Gasteiger partial charge on any atom is -0.493 e. The number of primary amides is 1. The van der Waals surface area contributed by atoms with Crippen molar-refractivity contribution < 1.29 is 28.6 Å². The van der Waals surface area contributed by atoms with E-state index < -0.39 is 48.1 Å². The fourth-order valence-electron chi connectivity index (χ4n) is 4.94. The van der Waals surface area contributed by atoms with Crippen LogP contribution in [0.4, 0.5) is 4.39 Å². The number of aliphatic hydroxyl groups excluding tert-OH is 1. The average molecular weight is 551 g/mol. The molecule has 2 aromatic carbocycles. The lowest BCUT2D eigenvalue weighted by Gasteiger charge is -2.29. The predicted molar refractivity (Wildman–Crippen MR) is 146 cm³/mol. The molecule has 3 amide bonds. The Morgan fingerprint density at radius 3 is 2.75 bits per heavy atom. The van der Waals surface area contributed by atoms with Crippen molar-refractivity contribution in [2.45, 2.75) is 68.7 Å². The highest BCUT2D eigenvalue weighted by Crippen LogP contribution is 2.45. The molecule has 6 N–H and O–H groups in total. The zero-order valence-corrected chi connectivity index (χ0v) is 22.3. The Hall–Kier alpha value is -3.94. The number of hydrogen-bond donors (Lipinski definition) is 5. The molecule has 2 aromatic rings. The topological polar surface area (TPSA) is 143 Å². The molecule has 0 unspecified atom stereocenters. The standard InChI is InChI=1S/C30H35FN4O5/c1-2-19-6-5-7-21(12-19)30(9-10-30)33-18-26(36)24-15-20-13-22(31)16-23(14-20)40-11-4-3-8-28(38)34-25(17-27(32)37)29(39)35-24/h1,5-7,12-14,16,24-26,33,36H,3-4,8-11,15,17-18H2,(H2,32,37)(H,34,38)(H,35,39)/t24-,25-,26+/m0/s1. The Kier molecular flexibility index (Phi) is 9.40. The summed E-state index contributed by atoms with van der Waals surface area (Å²) in [6.07, 6.45) is 6.93. The first-order valence-electron chi connectivity index (χ1n) is 13.5. The Morgan fingerprint density at radius 1 is 1.23 bits per heavy atom. The summed E-state index contributed by atoms with van der Waals surface area (Å²) in [6.45, 7) is 0.383. The molecule has 40 heavy (non-hydrogen) atoms. The number of fused-ring (bicyclic) bond motifs is 2. The van der Waals surface area contributed by atoms with Crippen LogP contribution in [0.2, 0.25) is 0 Å². The van der Waals surface area contributed by atoms with Crippen molar-refractivity contribution in [3.63, 3.8) is 0 Å². The van der Waals surface area contributed by atoms with E-state index in [1.54, 1.807) is 6.07 Å². The number of aliphatic hydroxyl groups is 1. The van der Waals surface area contributed by atoms with Crippen molar-refractivity contribution in [1.29, 1.82) is 0 Å². The second-order valence-corrected chi connectivity index (χ2v) is 10.5. The second kappa shape index (κ2) is 12.9. The first-order chi connectivity index (χ1) is 19.2. The molecule has 2 aliphatic rings. The van der Waals surface area contributed by atoms with Crippen LogP contribution in [0.3, 0.4) is 0 Å². The van der Waals surface area contributed by atoms with Gasteiger partial charge in [0, 0.05) is 30.1 Å².